The maximum absolute atomic E-state index is 11.0. The van der Waals surface area contributed by atoms with Gasteiger partial charge in [-0.1, -0.05) is 12.1 Å². The topological polar surface area (TPSA) is 59.1 Å². The summed E-state index contributed by atoms with van der Waals surface area (Å²) in [7, 11) is 0. The van der Waals surface area contributed by atoms with Crippen LogP contribution in [0.25, 0.3) is 0 Å². The van der Waals surface area contributed by atoms with Crippen molar-refractivity contribution >= 4 is 28.6 Å². The van der Waals surface area contributed by atoms with E-state index in [0.29, 0.717) is 12.0 Å². The van der Waals surface area contributed by atoms with Crippen LogP contribution in [0.3, 0.4) is 0 Å². The van der Waals surface area contributed by atoms with Crippen LogP contribution < -0.4 is 4.74 Å². The van der Waals surface area contributed by atoms with Gasteiger partial charge in [-0.2, -0.15) is 0 Å². The zero-order chi connectivity index (χ0) is 12.7. The van der Waals surface area contributed by atoms with Crippen LogP contribution in [-0.4, -0.2) is 29.4 Å². The zero-order valence-electron chi connectivity index (χ0n) is 9.38. The summed E-state index contributed by atoms with van der Waals surface area (Å²) in [6.07, 6.45) is 1.85. The largest absolute Gasteiger partial charge is 0.482 e. The molecule has 1 aliphatic carbocycles. The van der Waals surface area contributed by atoms with Gasteiger partial charge in [0.05, 0.1) is 9.67 Å². The van der Waals surface area contributed by atoms with Crippen LogP contribution in [0.15, 0.2) is 35.9 Å². The Morgan fingerprint density at radius 2 is 2.22 bits per heavy atom. The first-order valence-electron chi connectivity index (χ1n) is 5.66. The Morgan fingerprint density at radius 1 is 1.44 bits per heavy atom. The third-order valence-electron chi connectivity index (χ3n) is 3.11. The Kier molecular flexibility index (Phi) is 3.03. The molecule has 1 saturated heterocycles. The van der Waals surface area contributed by atoms with Crippen LogP contribution >= 0.6 is 22.6 Å². The number of carbonyl (C=O) groups is 1. The Labute approximate surface area is 118 Å². The van der Waals surface area contributed by atoms with Gasteiger partial charge in [0.25, 0.3) is 0 Å². The normalized spacial score (nSPS) is 29.2. The molecule has 1 fully saturated rings. The fourth-order valence-corrected chi connectivity index (χ4v) is 2.65. The number of halogens is 1. The van der Waals surface area contributed by atoms with E-state index in [-0.39, 0.29) is 18.3 Å². The first-order chi connectivity index (χ1) is 8.65. The molecule has 0 unspecified atom stereocenters. The van der Waals surface area contributed by atoms with Crippen molar-refractivity contribution in [1.29, 1.82) is 0 Å². The van der Waals surface area contributed by atoms with Gasteiger partial charge >= 0.3 is 5.97 Å². The number of para-hydroxylation sites is 1. The molecule has 3 atom stereocenters. The number of aliphatic carboxylic acids is 1. The van der Waals surface area contributed by atoms with Crippen LogP contribution in [0.1, 0.15) is 6.42 Å². The molecule has 1 aromatic rings. The van der Waals surface area contributed by atoms with Gasteiger partial charge in [-0.3, -0.25) is 0 Å². The van der Waals surface area contributed by atoms with Gasteiger partial charge in [-0.05, 0) is 40.8 Å². The van der Waals surface area contributed by atoms with Crippen molar-refractivity contribution in [3.8, 4) is 5.75 Å². The molecule has 3 rings (SSSR count). The second-order valence-electron chi connectivity index (χ2n) is 4.35. The maximum Gasteiger partial charge on any atom is 0.331 e. The van der Waals surface area contributed by atoms with Gasteiger partial charge in [0.1, 0.15) is 18.0 Å². The van der Waals surface area contributed by atoms with Crippen molar-refractivity contribution in [1.82, 2.24) is 0 Å². The van der Waals surface area contributed by atoms with E-state index in [1.54, 1.807) is 6.08 Å². The fourth-order valence-electron chi connectivity index (χ4n) is 2.13. The predicted molar refractivity (Wildman–Crippen MR) is 72.6 cm³/mol. The SMILES string of the molecule is O=C(O)C1=C[C@H](Oc2ccccc2I)[C@H]2O[C@H]2C1. The number of ether oxygens (including phenoxy) is 2. The van der Waals surface area contributed by atoms with Gasteiger partial charge in [0, 0.05) is 12.0 Å². The number of hydrogen-bond donors (Lipinski definition) is 1. The van der Waals surface area contributed by atoms with E-state index < -0.39 is 5.97 Å². The summed E-state index contributed by atoms with van der Waals surface area (Å²) in [4.78, 5) is 11.0. The lowest BCUT2D eigenvalue weighted by Crippen LogP contribution is -2.28. The first-order valence-corrected chi connectivity index (χ1v) is 6.73. The van der Waals surface area contributed by atoms with E-state index in [0.717, 1.165) is 9.32 Å². The molecule has 0 saturated carbocycles. The average molecular weight is 358 g/mol. The van der Waals surface area contributed by atoms with Gasteiger partial charge in [-0.25, -0.2) is 4.79 Å². The second kappa shape index (κ2) is 4.55. The minimum absolute atomic E-state index is 0.00380. The van der Waals surface area contributed by atoms with Crippen molar-refractivity contribution in [2.45, 2.75) is 24.7 Å². The van der Waals surface area contributed by atoms with Crippen molar-refractivity contribution in [2.24, 2.45) is 0 Å². The molecule has 0 spiro atoms. The van der Waals surface area contributed by atoms with Gasteiger partial charge < -0.3 is 14.6 Å². The third-order valence-corrected chi connectivity index (χ3v) is 4.00. The summed E-state index contributed by atoms with van der Waals surface area (Å²) in [5.41, 5.74) is 0.379. The molecule has 1 aliphatic heterocycles. The summed E-state index contributed by atoms with van der Waals surface area (Å²) in [6, 6.07) is 7.66. The number of benzene rings is 1. The summed E-state index contributed by atoms with van der Waals surface area (Å²) < 4.78 is 12.3. The molecule has 94 valence electrons. The van der Waals surface area contributed by atoms with Crippen molar-refractivity contribution in [3.05, 3.63) is 39.5 Å². The second-order valence-corrected chi connectivity index (χ2v) is 5.52. The highest BCUT2D eigenvalue weighted by Crippen LogP contribution is 2.38. The number of epoxide rings is 1. The van der Waals surface area contributed by atoms with E-state index in [1.165, 1.54) is 0 Å². The molecule has 2 aliphatic rings. The van der Waals surface area contributed by atoms with Crippen molar-refractivity contribution in [2.75, 3.05) is 0 Å². The molecule has 0 aromatic heterocycles. The number of carboxylic acids is 1. The first kappa shape index (κ1) is 12.0. The fraction of sp³-hybridized carbons (Fsp3) is 0.308. The highest BCUT2D eigenvalue weighted by atomic mass is 127. The standard InChI is InChI=1S/C13H11IO4/c14-8-3-1-2-4-9(8)17-10-5-7(13(15)16)6-11-12(10)18-11/h1-5,10-12H,6H2,(H,15,16)/t10-,11-,12+/m0/s1. The van der Waals surface area contributed by atoms with E-state index in [9.17, 15) is 4.79 Å². The van der Waals surface area contributed by atoms with Crippen LogP contribution in [0.2, 0.25) is 0 Å². The molecule has 0 radical (unpaired) electrons. The van der Waals surface area contributed by atoms with Gasteiger partial charge in [0.15, 0.2) is 0 Å². The highest BCUT2D eigenvalue weighted by molar-refractivity contribution is 14.1. The van der Waals surface area contributed by atoms with Crippen molar-refractivity contribution in [3.63, 3.8) is 0 Å². The Bertz CT molecular complexity index is 525. The molecule has 1 aromatic carbocycles. The number of carboxylic acid groups (broad SMARTS) is 1. The van der Waals surface area contributed by atoms with E-state index >= 15 is 0 Å². The van der Waals surface area contributed by atoms with Crippen LogP contribution in [0, 0.1) is 3.57 Å². The summed E-state index contributed by atoms with van der Waals surface area (Å²) in [5, 5.41) is 9.03. The summed E-state index contributed by atoms with van der Waals surface area (Å²) in [6.45, 7) is 0. The molecule has 0 amide bonds. The summed E-state index contributed by atoms with van der Waals surface area (Å²) >= 11 is 2.19. The Morgan fingerprint density at radius 3 is 2.94 bits per heavy atom. The lowest BCUT2D eigenvalue weighted by Gasteiger charge is -2.18. The van der Waals surface area contributed by atoms with Gasteiger partial charge in [0.2, 0.25) is 0 Å². The molecule has 0 bridgehead atoms. The molecule has 4 nitrogen and oxygen atoms in total. The minimum atomic E-state index is -0.889. The molecule has 18 heavy (non-hydrogen) atoms. The monoisotopic (exact) mass is 358 g/mol. The maximum atomic E-state index is 11.0. The Hall–Kier alpha value is -1.08. The minimum Gasteiger partial charge on any atom is -0.482 e. The lowest BCUT2D eigenvalue weighted by molar-refractivity contribution is -0.133. The zero-order valence-corrected chi connectivity index (χ0v) is 11.5. The van der Waals surface area contributed by atoms with E-state index in [2.05, 4.69) is 22.6 Å². The lowest BCUT2D eigenvalue weighted by atomic mass is 9.97. The average Bonchev–Trinajstić information content (AvgIpc) is 3.11. The molecule has 1 N–H and O–H groups in total. The summed E-state index contributed by atoms with van der Waals surface area (Å²) in [5.74, 6) is -0.124. The smallest absolute Gasteiger partial charge is 0.331 e. The van der Waals surface area contributed by atoms with E-state index in [1.807, 2.05) is 24.3 Å². The molecule has 5 heteroatoms. The quantitative estimate of drug-likeness (QED) is 0.665. The van der Waals surface area contributed by atoms with Crippen LogP contribution in [-0.2, 0) is 9.53 Å². The number of fused-ring (bicyclic) bond motifs is 1. The molecule has 1 heterocycles. The predicted octanol–water partition coefficient (Wildman–Crippen LogP) is 2.22. The Balaban J connectivity index is 1.82. The van der Waals surface area contributed by atoms with Crippen molar-refractivity contribution < 1.29 is 19.4 Å². The van der Waals surface area contributed by atoms with Gasteiger partial charge in [-0.15, -0.1) is 0 Å². The van der Waals surface area contributed by atoms with E-state index in [4.69, 9.17) is 14.6 Å². The third kappa shape index (κ3) is 2.24. The molecular formula is C13H11IO4. The number of rotatable bonds is 3. The highest BCUT2D eigenvalue weighted by Gasteiger charge is 2.49. The number of hydrogen-bond acceptors (Lipinski definition) is 3. The van der Waals surface area contributed by atoms with Crippen LogP contribution in [0.5, 0.6) is 5.75 Å². The van der Waals surface area contributed by atoms with Crippen LogP contribution in [0.4, 0.5) is 0 Å². The molecular weight excluding hydrogens is 347 g/mol.